The second-order valence-electron chi connectivity index (χ2n) is 7.72. The van der Waals surface area contributed by atoms with Crippen molar-refractivity contribution in [2.45, 2.75) is 52.9 Å². The van der Waals surface area contributed by atoms with Crippen LogP contribution in [0.3, 0.4) is 0 Å². The van der Waals surface area contributed by atoms with Crippen LogP contribution in [0.1, 0.15) is 45.1 Å². The lowest BCUT2D eigenvalue weighted by molar-refractivity contribution is -0.158. The predicted octanol–water partition coefficient (Wildman–Crippen LogP) is 3.13. The maximum Gasteiger partial charge on any atom is 0.328 e. The summed E-state index contributed by atoms with van der Waals surface area (Å²) < 4.78 is 21.6. The monoisotopic (exact) mass is 458 g/mol. The minimum absolute atomic E-state index is 0.0207. The molecule has 2 rings (SSSR count). The molecule has 0 aliphatic carbocycles. The lowest BCUT2D eigenvalue weighted by atomic mass is 10.0. The Morgan fingerprint density at radius 3 is 2.33 bits per heavy atom. The van der Waals surface area contributed by atoms with Crippen LogP contribution in [-0.2, 0) is 19.1 Å². The number of carbonyl (C=O) groups excluding carboxylic acids is 3. The number of hydrogen-bond donors (Lipinski definition) is 1. The largest absolute Gasteiger partial charge is 0.487 e. The molecule has 0 aliphatic rings. The van der Waals surface area contributed by atoms with Crippen molar-refractivity contribution in [3.63, 3.8) is 0 Å². The van der Waals surface area contributed by atoms with Crippen molar-refractivity contribution >= 4 is 17.8 Å². The van der Waals surface area contributed by atoms with E-state index in [0.29, 0.717) is 5.75 Å². The number of carbonyl (C=O) groups is 3. The van der Waals surface area contributed by atoms with Gasteiger partial charge in [0.25, 0.3) is 5.91 Å². The van der Waals surface area contributed by atoms with Crippen LogP contribution in [0.2, 0.25) is 0 Å². The highest BCUT2D eigenvalue weighted by molar-refractivity contribution is 5.97. The fraction of sp³-hybridized carbons (Fsp3) is 0.417. The summed E-state index contributed by atoms with van der Waals surface area (Å²) in [7, 11) is 0. The van der Waals surface area contributed by atoms with E-state index in [4.69, 9.17) is 18.9 Å². The zero-order chi connectivity index (χ0) is 24.4. The van der Waals surface area contributed by atoms with E-state index < -0.39 is 36.1 Å². The number of pyridine rings is 1. The molecular formula is C24H30N2O7. The Morgan fingerprint density at radius 2 is 1.70 bits per heavy atom. The van der Waals surface area contributed by atoms with Gasteiger partial charge < -0.3 is 24.3 Å². The summed E-state index contributed by atoms with van der Waals surface area (Å²) in [5.74, 6) is -0.998. The number of benzene rings is 1. The van der Waals surface area contributed by atoms with Crippen molar-refractivity contribution in [2.75, 3.05) is 6.79 Å². The molecule has 0 fully saturated rings. The molecule has 1 aromatic heterocycles. The lowest BCUT2D eigenvalue weighted by Gasteiger charge is -2.29. The topological polar surface area (TPSA) is 113 Å². The van der Waals surface area contributed by atoms with Gasteiger partial charge in [-0.25, -0.2) is 9.78 Å². The zero-order valence-corrected chi connectivity index (χ0v) is 19.4. The highest BCUT2D eigenvalue weighted by Crippen LogP contribution is 2.19. The first-order valence-corrected chi connectivity index (χ1v) is 10.6. The standard InChI is InChI=1S/C24H30N2O7/c1-15(2)22(17(4)32-19-10-7-6-8-11-19)33-24(29)16(3)26-23(28)21-20(12-9-13-25-21)31-14-30-18(5)27/h6-13,15-17,22H,14H2,1-5H3,(H,26,28)/t16-,17-,22?/m0/s1. The Kier molecular flexibility index (Phi) is 9.65. The number of para-hydroxylation sites is 1. The second-order valence-corrected chi connectivity index (χ2v) is 7.72. The summed E-state index contributed by atoms with van der Waals surface area (Å²) in [4.78, 5) is 40.3. The third kappa shape index (κ3) is 8.10. The van der Waals surface area contributed by atoms with Crippen LogP contribution in [0, 0.1) is 5.92 Å². The van der Waals surface area contributed by atoms with E-state index in [1.54, 1.807) is 6.07 Å². The highest BCUT2D eigenvalue weighted by Gasteiger charge is 2.30. The fourth-order valence-corrected chi connectivity index (χ4v) is 2.97. The average molecular weight is 459 g/mol. The molecule has 1 N–H and O–H groups in total. The molecule has 2 aromatic rings. The Bertz CT molecular complexity index is 933. The maximum atomic E-state index is 12.7. The van der Waals surface area contributed by atoms with Crippen molar-refractivity contribution in [3.05, 3.63) is 54.4 Å². The molecule has 1 aromatic carbocycles. The number of nitrogens with one attached hydrogen (secondary N) is 1. The number of aromatic nitrogens is 1. The van der Waals surface area contributed by atoms with E-state index in [2.05, 4.69) is 10.3 Å². The summed E-state index contributed by atoms with van der Waals surface area (Å²) in [6.07, 6.45) is 0.472. The number of nitrogens with zero attached hydrogens (tertiary/aromatic N) is 1. The van der Waals surface area contributed by atoms with Crippen LogP contribution in [-0.4, -0.2) is 47.9 Å². The van der Waals surface area contributed by atoms with Crippen LogP contribution in [0.15, 0.2) is 48.7 Å². The molecule has 1 amide bonds. The van der Waals surface area contributed by atoms with Gasteiger partial charge in [-0.2, -0.15) is 0 Å². The van der Waals surface area contributed by atoms with Crippen molar-refractivity contribution in [1.82, 2.24) is 10.3 Å². The molecule has 0 saturated heterocycles. The summed E-state index contributed by atoms with van der Waals surface area (Å²) >= 11 is 0. The van der Waals surface area contributed by atoms with Gasteiger partial charge in [0.15, 0.2) is 11.4 Å². The number of ether oxygens (including phenoxy) is 4. The Labute approximate surface area is 193 Å². The van der Waals surface area contributed by atoms with Gasteiger partial charge in [-0.05, 0) is 44.0 Å². The third-order valence-corrected chi connectivity index (χ3v) is 4.60. The van der Waals surface area contributed by atoms with Crippen LogP contribution in [0.5, 0.6) is 11.5 Å². The second kappa shape index (κ2) is 12.4. The SMILES string of the molecule is CC(=O)OCOc1cccnc1C(=O)N[C@@H](C)C(=O)OC(C(C)C)[C@H](C)Oc1ccccc1. The minimum atomic E-state index is -0.953. The summed E-state index contributed by atoms with van der Waals surface area (Å²) in [5.41, 5.74) is -0.0505. The van der Waals surface area contributed by atoms with Gasteiger partial charge in [-0.3, -0.25) is 9.59 Å². The van der Waals surface area contributed by atoms with Crippen LogP contribution >= 0.6 is 0 Å². The Morgan fingerprint density at radius 1 is 1.00 bits per heavy atom. The molecule has 3 atom stereocenters. The normalized spacial score (nSPS) is 13.4. The first kappa shape index (κ1) is 25.6. The first-order valence-electron chi connectivity index (χ1n) is 10.6. The highest BCUT2D eigenvalue weighted by atomic mass is 16.7. The lowest BCUT2D eigenvalue weighted by Crippen LogP contribution is -2.45. The van der Waals surface area contributed by atoms with Crippen molar-refractivity contribution in [2.24, 2.45) is 5.92 Å². The quantitative estimate of drug-likeness (QED) is 0.404. The van der Waals surface area contributed by atoms with Gasteiger partial charge in [0.1, 0.15) is 24.0 Å². The van der Waals surface area contributed by atoms with E-state index in [1.165, 1.54) is 26.1 Å². The molecule has 178 valence electrons. The van der Waals surface area contributed by atoms with Gasteiger partial charge in [-0.1, -0.05) is 32.0 Å². The maximum absolute atomic E-state index is 12.7. The number of rotatable bonds is 11. The van der Waals surface area contributed by atoms with Gasteiger partial charge in [0, 0.05) is 13.1 Å². The molecule has 0 saturated carbocycles. The van der Waals surface area contributed by atoms with Crippen LogP contribution < -0.4 is 14.8 Å². The minimum Gasteiger partial charge on any atom is -0.487 e. The molecule has 0 bridgehead atoms. The summed E-state index contributed by atoms with van der Waals surface area (Å²) in [5, 5.41) is 2.56. The average Bonchev–Trinajstić information content (AvgIpc) is 2.77. The van der Waals surface area contributed by atoms with Crippen molar-refractivity contribution < 1.29 is 33.3 Å². The molecule has 9 heteroatoms. The van der Waals surface area contributed by atoms with Gasteiger partial charge >= 0.3 is 11.9 Å². The number of esters is 2. The fourth-order valence-electron chi connectivity index (χ4n) is 2.97. The van der Waals surface area contributed by atoms with Crippen LogP contribution in [0.25, 0.3) is 0 Å². The van der Waals surface area contributed by atoms with Gasteiger partial charge in [0.2, 0.25) is 6.79 Å². The molecule has 0 spiro atoms. The molecule has 0 aliphatic heterocycles. The van der Waals surface area contributed by atoms with E-state index in [9.17, 15) is 14.4 Å². The Balaban J connectivity index is 1.99. The molecule has 33 heavy (non-hydrogen) atoms. The van der Waals surface area contributed by atoms with E-state index in [0.717, 1.165) is 0 Å². The molecule has 0 radical (unpaired) electrons. The smallest absolute Gasteiger partial charge is 0.328 e. The molecule has 1 heterocycles. The summed E-state index contributed by atoms with van der Waals surface area (Å²) in [6, 6.07) is 11.4. The third-order valence-electron chi connectivity index (χ3n) is 4.60. The molecular weight excluding hydrogens is 428 g/mol. The van der Waals surface area contributed by atoms with E-state index in [-0.39, 0.29) is 24.2 Å². The van der Waals surface area contributed by atoms with E-state index in [1.807, 2.05) is 51.1 Å². The molecule has 9 nitrogen and oxygen atoms in total. The first-order chi connectivity index (χ1) is 15.7. The van der Waals surface area contributed by atoms with Gasteiger partial charge in [0.05, 0.1) is 0 Å². The predicted molar refractivity (Wildman–Crippen MR) is 120 cm³/mol. The van der Waals surface area contributed by atoms with Gasteiger partial charge in [-0.15, -0.1) is 0 Å². The zero-order valence-electron chi connectivity index (χ0n) is 19.4. The van der Waals surface area contributed by atoms with Crippen molar-refractivity contribution in [1.29, 1.82) is 0 Å². The number of hydrogen-bond acceptors (Lipinski definition) is 8. The molecule has 1 unspecified atom stereocenters. The Hall–Kier alpha value is -3.62. The van der Waals surface area contributed by atoms with Crippen LogP contribution in [0.4, 0.5) is 0 Å². The number of amides is 1. The van der Waals surface area contributed by atoms with E-state index >= 15 is 0 Å². The van der Waals surface area contributed by atoms with Crippen molar-refractivity contribution in [3.8, 4) is 11.5 Å². The summed E-state index contributed by atoms with van der Waals surface area (Å²) in [6.45, 7) is 8.06.